The van der Waals surface area contributed by atoms with Crippen LogP contribution >= 0.6 is 0 Å². The Morgan fingerprint density at radius 1 is 1.38 bits per heavy atom. The van der Waals surface area contributed by atoms with Gasteiger partial charge in [0.05, 0.1) is 11.5 Å². The summed E-state index contributed by atoms with van der Waals surface area (Å²) in [6, 6.07) is 0.754. The minimum Gasteiger partial charge on any atom is -0.370 e. The zero-order chi connectivity index (χ0) is 15.7. The Bertz CT molecular complexity index is 620. The molecule has 2 rings (SSSR count). The average Bonchev–Trinajstić information content (AvgIpc) is 2.74. The van der Waals surface area contributed by atoms with Gasteiger partial charge >= 0.3 is 6.18 Å². The molecule has 1 aliphatic rings. The highest BCUT2D eigenvalue weighted by Crippen LogP contribution is 2.29. The molecule has 0 spiro atoms. The lowest BCUT2D eigenvalue weighted by Crippen LogP contribution is -2.19. The number of nitrogen functional groups attached to an aromatic ring is 1. The van der Waals surface area contributed by atoms with Gasteiger partial charge in [-0.15, -0.1) is 0 Å². The number of halogens is 3. The smallest absolute Gasteiger partial charge is 0.370 e. The highest BCUT2D eigenvalue weighted by Gasteiger charge is 2.34. The minimum absolute atomic E-state index is 0.0270. The van der Waals surface area contributed by atoms with Crippen molar-refractivity contribution < 1.29 is 21.6 Å². The molecule has 1 fully saturated rings. The van der Waals surface area contributed by atoms with E-state index in [2.05, 4.69) is 15.3 Å². The van der Waals surface area contributed by atoms with Crippen LogP contribution in [0.4, 0.5) is 24.9 Å². The van der Waals surface area contributed by atoms with Gasteiger partial charge in [0.2, 0.25) is 5.95 Å². The standard InChI is InChI=1S/C10H14F3N5O2S/c11-10(12,13)7-3-8(17-9(16-7)18-14)15-4-6-1-2-21(19,20)5-6/h3,6H,1-2,4-5,14H2,(H2,15,16,17,18). The average molecular weight is 325 g/mol. The summed E-state index contributed by atoms with van der Waals surface area (Å²) < 4.78 is 60.6. The van der Waals surface area contributed by atoms with Gasteiger partial charge < -0.3 is 5.32 Å². The van der Waals surface area contributed by atoms with Crippen molar-refractivity contribution in [2.24, 2.45) is 11.8 Å². The van der Waals surface area contributed by atoms with E-state index >= 15 is 0 Å². The summed E-state index contributed by atoms with van der Waals surface area (Å²) in [5.41, 5.74) is 0.830. The molecule has 1 atom stereocenters. The van der Waals surface area contributed by atoms with Crippen LogP contribution in [0.3, 0.4) is 0 Å². The Labute approximate surface area is 119 Å². The van der Waals surface area contributed by atoms with Gasteiger partial charge in [-0.05, 0) is 12.3 Å². The molecule has 0 aliphatic carbocycles. The maximum absolute atomic E-state index is 12.7. The van der Waals surface area contributed by atoms with Crippen LogP contribution < -0.4 is 16.6 Å². The lowest BCUT2D eigenvalue weighted by molar-refractivity contribution is -0.141. The SMILES string of the molecule is NNc1nc(NCC2CCS(=O)(=O)C2)cc(C(F)(F)F)n1. The Balaban J connectivity index is 2.09. The van der Waals surface area contributed by atoms with Crippen LogP contribution in [0.15, 0.2) is 6.07 Å². The number of nitrogens with zero attached hydrogens (tertiary/aromatic N) is 2. The molecule has 11 heteroatoms. The molecule has 0 bridgehead atoms. The third-order valence-electron chi connectivity index (χ3n) is 3.04. The van der Waals surface area contributed by atoms with Crippen LogP contribution in [0.1, 0.15) is 12.1 Å². The first kappa shape index (κ1) is 15.8. The molecule has 7 nitrogen and oxygen atoms in total. The second kappa shape index (κ2) is 5.64. The monoisotopic (exact) mass is 325 g/mol. The van der Waals surface area contributed by atoms with Crippen LogP contribution in [-0.4, -0.2) is 36.4 Å². The zero-order valence-corrected chi connectivity index (χ0v) is 11.6. The summed E-state index contributed by atoms with van der Waals surface area (Å²) in [4.78, 5) is 6.97. The fraction of sp³-hybridized carbons (Fsp3) is 0.600. The molecule has 0 aromatic carbocycles. The topological polar surface area (TPSA) is 110 Å². The van der Waals surface area contributed by atoms with Crippen molar-refractivity contribution in [2.45, 2.75) is 12.6 Å². The predicted octanol–water partition coefficient (Wildman–Crippen LogP) is 0.628. The van der Waals surface area contributed by atoms with E-state index in [0.29, 0.717) is 6.42 Å². The Kier molecular flexibility index (Phi) is 4.23. The Hall–Kier alpha value is -1.62. The zero-order valence-electron chi connectivity index (χ0n) is 10.8. The fourth-order valence-electron chi connectivity index (χ4n) is 2.03. The number of anilines is 2. The summed E-state index contributed by atoms with van der Waals surface area (Å²) in [7, 11) is -3.03. The van der Waals surface area contributed by atoms with E-state index in [4.69, 9.17) is 5.84 Å². The van der Waals surface area contributed by atoms with Gasteiger partial charge in [0.25, 0.3) is 0 Å². The largest absolute Gasteiger partial charge is 0.433 e. The molecule has 1 unspecified atom stereocenters. The van der Waals surface area contributed by atoms with Crippen molar-refractivity contribution in [1.82, 2.24) is 9.97 Å². The molecule has 1 aromatic heterocycles. The first-order chi connectivity index (χ1) is 9.69. The molecule has 118 valence electrons. The van der Waals surface area contributed by atoms with E-state index in [1.54, 1.807) is 0 Å². The predicted molar refractivity (Wildman–Crippen MR) is 70.1 cm³/mol. The molecule has 1 aliphatic heterocycles. The number of aromatic nitrogens is 2. The van der Waals surface area contributed by atoms with Gasteiger partial charge in [0, 0.05) is 12.6 Å². The lowest BCUT2D eigenvalue weighted by Gasteiger charge is -2.13. The molecule has 21 heavy (non-hydrogen) atoms. The number of hydrazine groups is 1. The summed E-state index contributed by atoms with van der Waals surface area (Å²) >= 11 is 0. The third-order valence-corrected chi connectivity index (χ3v) is 4.88. The maximum Gasteiger partial charge on any atom is 0.433 e. The summed E-state index contributed by atoms with van der Waals surface area (Å²) in [5.74, 6) is 4.59. The molecule has 2 heterocycles. The van der Waals surface area contributed by atoms with Gasteiger partial charge in [-0.2, -0.15) is 18.2 Å². The molecule has 0 radical (unpaired) electrons. The molecule has 1 saturated heterocycles. The van der Waals surface area contributed by atoms with Gasteiger partial charge in [-0.25, -0.2) is 19.2 Å². The highest BCUT2D eigenvalue weighted by molar-refractivity contribution is 7.91. The normalized spacial score (nSPS) is 21.2. The first-order valence-electron chi connectivity index (χ1n) is 6.07. The van der Waals surface area contributed by atoms with Crippen molar-refractivity contribution in [2.75, 3.05) is 28.8 Å². The van der Waals surface area contributed by atoms with Gasteiger partial charge in [-0.1, -0.05) is 0 Å². The number of nitrogens with two attached hydrogens (primary N) is 1. The van der Waals surface area contributed by atoms with E-state index in [1.807, 2.05) is 5.43 Å². The lowest BCUT2D eigenvalue weighted by atomic mass is 10.1. The second-order valence-electron chi connectivity index (χ2n) is 4.75. The molecular weight excluding hydrogens is 311 g/mol. The molecule has 4 N–H and O–H groups in total. The molecule has 0 saturated carbocycles. The van der Waals surface area contributed by atoms with Gasteiger partial charge in [0.15, 0.2) is 15.5 Å². The quantitative estimate of drug-likeness (QED) is 0.550. The molecule has 0 amide bonds. The number of hydrogen-bond donors (Lipinski definition) is 3. The van der Waals surface area contributed by atoms with Crippen molar-refractivity contribution in [3.05, 3.63) is 11.8 Å². The Morgan fingerprint density at radius 3 is 2.62 bits per heavy atom. The summed E-state index contributed by atoms with van der Waals surface area (Å²) in [5, 5.41) is 2.70. The van der Waals surface area contributed by atoms with Crippen molar-refractivity contribution in [3.63, 3.8) is 0 Å². The minimum atomic E-state index is -4.62. The van der Waals surface area contributed by atoms with Crippen LogP contribution in [0, 0.1) is 5.92 Å². The number of hydrogen-bond acceptors (Lipinski definition) is 7. The van der Waals surface area contributed by atoms with Crippen LogP contribution in [0.5, 0.6) is 0 Å². The van der Waals surface area contributed by atoms with E-state index < -0.39 is 21.7 Å². The van der Waals surface area contributed by atoms with E-state index in [9.17, 15) is 21.6 Å². The summed E-state index contributed by atoms with van der Waals surface area (Å²) in [6.45, 7) is 0.220. The van der Waals surface area contributed by atoms with E-state index in [-0.39, 0.29) is 35.7 Å². The number of sulfone groups is 1. The van der Waals surface area contributed by atoms with Crippen molar-refractivity contribution in [3.8, 4) is 0 Å². The van der Waals surface area contributed by atoms with E-state index in [0.717, 1.165) is 6.07 Å². The van der Waals surface area contributed by atoms with E-state index in [1.165, 1.54) is 0 Å². The van der Waals surface area contributed by atoms with Crippen LogP contribution in [0.25, 0.3) is 0 Å². The summed E-state index contributed by atoms with van der Waals surface area (Å²) in [6.07, 6.45) is -4.14. The highest BCUT2D eigenvalue weighted by atomic mass is 32.2. The molecular formula is C10H14F3N5O2S. The van der Waals surface area contributed by atoms with Gasteiger partial charge in [0.1, 0.15) is 5.82 Å². The number of alkyl halides is 3. The molecule has 1 aromatic rings. The third kappa shape index (κ3) is 4.17. The number of nitrogens with one attached hydrogen (secondary N) is 2. The van der Waals surface area contributed by atoms with Gasteiger partial charge in [-0.3, -0.25) is 5.43 Å². The van der Waals surface area contributed by atoms with Crippen LogP contribution in [0.2, 0.25) is 0 Å². The number of rotatable bonds is 4. The Morgan fingerprint density at radius 2 is 2.10 bits per heavy atom. The van der Waals surface area contributed by atoms with Crippen molar-refractivity contribution >= 4 is 21.6 Å². The van der Waals surface area contributed by atoms with Crippen LogP contribution in [-0.2, 0) is 16.0 Å². The van der Waals surface area contributed by atoms with Crippen molar-refractivity contribution in [1.29, 1.82) is 0 Å². The first-order valence-corrected chi connectivity index (χ1v) is 7.89. The fourth-order valence-corrected chi connectivity index (χ4v) is 3.89. The second-order valence-corrected chi connectivity index (χ2v) is 6.98. The maximum atomic E-state index is 12.7.